The second-order valence-corrected chi connectivity index (χ2v) is 9.27. The number of guanidine groups is 1. The van der Waals surface area contributed by atoms with Gasteiger partial charge in [0, 0.05) is 17.3 Å². The molecule has 0 aromatic heterocycles. The van der Waals surface area contributed by atoms with E-state index in [1.807, 2.05) is 30.3 Å². The number of aliphatic imine (C=N–C) groups is 1. The van der Waals surface area contributed by atoms with Crippen molar-refractivity contribution in [1.82, 2.24) is 10.2 Å². The van der Waals surface area contributed by atoms with Crippen molar-refractivity contribution in [1.29, 1.82) is 5.26 Å². The fourth-order valence-electron chi connectivity index (χ4n) is 4.34. The second-order valence-electron chi connectivity index (χ2n) is 8.83. The summed E-state index contributed by atoms with van der Waals surface area (Å²) in [5, 5.41) is 24.9. The Morgan fingerprint density at radius 1 is 1.13 bits per heavy atom. The van der Waals surface area contributed by atoms with Crippen LogP contribution in [-0.4, -0.2) is 52.2 Å². The molecule has 0 aliphatic carbocycles. The molecule has 3 amide bonds. The third-order valence-electron chi connectivity index (χ3n) is 6.35. The zero-order valence-corrected chi connectivity index (χ0v) is 21.2. The van der Waals surface area contributed by atoms with Crippen molar-refractivity contribution in [2.24, 2.45) is 10.7 Å². The van der Waals surface area contributed by atoms with Gasteiger partial charge in [-0.1, -0.05) is 54.1 Å². The van der Waals surface area contributed by atoms with Crippen LogP contribution in [0, 0.1) is 11.5 Å². The minimum Gasteiger partial charge on any atom is -0.465 e. The van der Waals surface area contributed by atoms with E-state index in [0.717, 1.165) is 5.56 Å². The summed E-state index contributed by atoms with van der Waals surface area (Å²) in [5.74, 6) is 0.0922. The van der Waals surface area contributed by atoms with Gasteiger partial charge in [0.2, 0.25) is 0 Å². The van der Waals surface area contributed by atoms with Gasteiger partial charge in [-0.05, 0) is 47.5 Å². The lowest BCUT2D eigenvalue weighted by Gasteiger charge is -2.42. The molecule has 0 spiro atoms. The number of nitriles is 1. The van der Waals surface area contributed by atoms with Crippen LogP contribution in [0.15, 0.2) is 83.9 Å². The van der Waals surface area contributed by atoms with E-state index in [1.165, 1.54) is 0 Å². The molecule has 3 aromatic rings. The van der Waals surface area contributed by atoms with Crippen molar-refractivity contribution in [2.75, 3.05) is 25.0 Å². The monoisotopic (exact) mass is 532 g/mol. The van der Waals surface area contributed by atoms with Crippen molar-refractivity contribution in [3.8, 4) is 6.19 Å². The lowest BCUT2D eigenvalue weighted by atomic mass is 10.0. The van der Waals surface area contributed by atoms with Crippen molar-refractivity contribution < 1.29 is 19.2 Å². The van der Waals surface area contributed by atoms with Gasteiger partial charge in [-0.2, -0.15) is 9.48 Å². The Bertz CT molecular complexity index is 1380. The molecule has 1 fully saturated rings. The zero-order chi connectivity index (χ0) is 27.1. The van der Waals surface area contributed by atoms with Gasteiger partial charge >= 0.3 is 24.3 Å². The Kier molecular flexibility index (Phi) is 8.11. The molecule has 1 heterocycles. The molecule has 4 rings (SSSR count). The summed E-state index contributed by atoms with van der Waals surface area (Å²) < 4.78 is -0.276. The lowest BCUT2D eigenvalue weighted by Crippen LogP contribution is -2.64. The number of halogens is 1. The van der Waals surface area contributed by atoms with E-state index in [2.05, 4.69) is 21.8 Å². The first kappa shape index (κ1) is 26.5. The van der Waals surface area contributed by atoms with Gasteiger partial charge in [0.05, 0.1) is 12.2 Å². The zero-order valence-electron chi connectivity index (χ0n) is 20.4. The van der Waals surface area contributed by atoms with Gasteiger partial charge in [0.1, 0.15) is 19.1 Å². The molecular formula is C27H27ClN7O3+. The minimum absolute atomic E-state index is 0.0922. The number of quaternary nitrogens is 1. The van der Waals surface area contributed by atoms with E-state index in [0.29, 0.717) is 22.0 Å². The molecule has 1 saturated heterocycles. The highest BCUT2D eigenvalue weighted by Crippen LogP contribution is 2.31. The standard InChI is InChI=1S/C27H26ClN7O3/c28-21-9-11-22(12-10-21)33-26(36)34-13-14-35(18-29,17-24(34)20-6-2-1-3-7-20)25(30)32-23-8-4-5-19(15-23)16-31-27(37)38/h1-12,15,24,31H,13-14,16-17H2,(H3-,30,32,33,36,37,38)/p+1. The number of nitrogens with two attached hydrogens (primary N) is 1. The van der Waals surface area contributed by atoms with Crippen LogP contribution >= 0.6 is 11.6 Å². The number of piperazine rings is 1. The van der Waals surface area contributed by atoms with Crippen LogP contribution in [0.5, 0.6) is 0 Å². The fraction of sp³-hybridized carbons (Fsp3) is 0.185. The Hall–Kier alpha value is -4.59. The number of urea groups is 1. The first-order valence-corrected chi connectivity index (χ1v) is 12.2. The SMILES string of the molecule is N#C[N+]1(C(N)=Nc2cccc(CNC(=O)O)c2)CCN(C(=O)Nc2ccc(Cl)cc2)C(c2ccccc2)C1. The Morgan fingerprint density at radius 2 is 1.87 bits per heavy atom. The largest absolute Gasteiger partial charge is 0.465 e. The molecule has 11 heteroatoms. The minimum atomic E-state index is -1.13. The maximum atomic E-state index is 13.3. The number of benzene rings is 3. The molecule has 38 heavy (non-hydrogen) atoms. The highest BCUT2D eigenvalue weighted by molar-refractivity contribution is 6.30. The van der Waals surface area contributed by atoms with Crippen molar-refractivity contribution >= 4 is 41.1 Å². The van der Waals surface area contributed by atoms with E-state index in [-0.39, 0.29) is 42.7 Å². The number of carbonyl (C=O) groups is 2. The predicted molar refractivity (Wildman–Crippen MR) is 145 cm³/mol. The number of amides is 3. The first-order valence-electron chi connectivity index (χ1n) is 11.9. The summed E-state index contributed by atoms with van der Waals surface area (Å²) >= 11 is 5.97. The van der Waals surface area contributed by atoms with Gasteiger partial charge in [-0.3, -0.25) is 0 Å². The van der Waals surface area contributed by atoms with Gasteiger partial charge in [0.15, 0.2) is 0 Å². The number of nitrogens with zero attached hydrogens (tertiary/aromatic N) is 4. The van der Waals surface area contributed by atoms with E-state index in [1.54, 1.807) is 53.4 Å². The molecular weight excluding hydrogens is 506 g/mol. The quantitative estimate of drug-likeness (QED) is 0.164. The summed E-state index contributed by atoms with van der Waals surface area (Å²) in [5.41, 5.74) is 9.13. The molecule has 0 saturated carbocycles. The summed E-state index contributed by atoms with van der Waals surface area (Å²) in [4.78, 5) is 30.4. The number of anilines is 1. The third-order valence-corrected chi connectivity index (χ3v) is 6.60. The normalized spacial score (nSPS) is 19.3. The Balaban J connectivity index is 1.61. The molecule has 5 N–H and O–H groups in total. The molecule has 10 nitrogen and oxygen atoms in total. The summed E-state index contributed by atoms with van der Waals surface area (Å²) in [7, 11) is 0. The van der Waals surface area contributed by atoms with Gasteiger partial charge in [-0.25, -0.2) is 9.59 Å². The van der Waals surface area contributed by atoms with Crippen LogP contribution in [0.3, 0.4) is 0 Å². The summed E-state index contributed by atoms with van der Waals surface area (Å²) in [6, 6.07) is 22.5. The highest BCUT2D eigenvalue weighted by Gasteiger charge is 2.46. The van der Waals surface area contributed by atoms with Crippen molar-refractivity contribution in [2.45, 2.75) is 12.6 Å². The van der Waals surface area contributed by atoms with Crippen LogP contribution in [0.4, 0.5) is 21.0 Å². The average molecular weight is 533 g/mol. The first-order chi connectivity index (χ1) is 18.3. The average Bonchev–Trinajstić information content (AvgIpc) is 2.93. The smallest absolute Gasteiger partial charge is 0.404 e. The summed E-state index contributed by atoms with van der Waals surface area (Å²) in [6.45, 7) is 0.809. The lowest BCUT2D eigenvalue weighted by molar-refractivity contribution is -0.785. The van der Waals surface area contributed by atoms with Crippen LogP contribution in [-0.2, 0) is 6.54 Å². The summed E-state index contributed by atoms with van der Waals surface area (Å²) in [6.07, 6.45) is 1.20. The molecule has 0 radical (unpaired) electrons. The van der Waals surface area contributed by atoms with E-state index in [9.17, 15) is 14.9 Å². The number of hydrogen-bond donors (Lipinski definition) is 4. The molecule has 3 aromatic carbocycles. The Morgan fingerprint density at radius 3 is 2.55 bits per heavy atom. The molecule has 1 aliphatic heterocycles. The van der Waals surface area contributed by atoms with Crippen LogP contribution < -0.4 is 16.4 Å². The number of carbonyl (C=O) groups excluding carboxylic acids is 1. The number of nitrogens with one attached hydrogen (secondary N) is 2. The number of hydrogen-bond acceptors (Lipinski definition) is 4. The molecule has 1 aliphatic rings. The van der Waals surface area contributed by atoms with Gasteiger partial charge in [-0.15, -0.1) is 5.26 Å². The Labute approximate surface area is 225 Å². The molecule has 0 bridgehead atoms. The van der Waals surface area contributed by atoms with E-state index in [4.69, 9.17) is 22.4 Å². The van der Waals surface area contributed by atoms with E-state index >= 15 is 0 Å². The number of rotatable bonds is 5. The highest BCUT2D eigenvalue weighted by atomic mass is 35.5. The predicted octanol–water partition coefficient (Wildman–Crippen LogP) is 4.64. The van der Waals surface area contributed by atoms with Gasteiger partial charge < -0.3 is 26.4 Å². The van der Waals surface area contributed by atoms with Crippen LogP contribution in [0.25, 0.3) is 0 Å². The fourth-order valence-corrected chi connectivity index (χ4v) is 4.47. The second kappa shape index (κ2) is 11.6. The van der Waals surface area contributed by atoms with Gasteiger partial charge in [0.25, 0.3) is 0 Å². The van der Waals surface area contributed by atoms with E-state index < -0.39 is 12.1 Å². The maximum Gasteiger partial charge on any atom is 0.404 e. The molecule has 2 atom stereocenters. The molecule has 194 valence electrons. The van der Waals surface area contributed by atoms with Crippen LogP contribution in [0.1, 0.15) is 17.2 Å². The third kappa shape index (κ3) is 6.21. The van der Waals surface area contributed by atoms with Crippen molar-refractivity contribution in [3.63, 3.8) is 0 Å². The van der Waals surface area contributed by atoms with Crippen LogP contribution in [0.2, 0.25) is 5.02 Å². The van der Waals surface area contributed by atoms with Crippen molar-refractivity contribution in [3.05, 3.63) is 95.0 Å². The topological polar surface area (TPSA) is 144 Å². The maximum absolute atomic E-state index is 13.3. The molecule has 2 unspecified atom stereocenters. The number of carboxylic acid groups (broad SMARTS) is 1.